The summed E-state index contributed by atoms with van der Waals surface area (Å²) in [7, 11) is 0. The Hall–Kier alpha value is -1.02. The minimum absolute atomic E-state index is 0.181. The molecule has 2 nitrogen and oxygen atoms in total. The first kappa shape index (κ1) is 11.5. The minimum atomic E-state index is 0.181. The Labute approximate surface area is 98.2 Å². The van der Waals surface area contributed by atoms with Crippen molar-refractivity contribution in [1.82, 2.24) is 4.90 Å². The molecule has 1 aliphatic heterocycles. The van der Waals surface area contributed by atoms with Gasteiger partial charge in [0.05, 0.1) is 0 Å². The molecule has 0 amide bonds. The summed E-state index contributed by atoms with van der Waals surface area (Å²) in [6.45, 7) is 4.47. The van der Waals surface area contributed by atoms with Crippen molar-refractivity contribution < 1.29 is 4.74 Å². The molecule has 1 aliphatic rings. The predicted molar refractivity (Wildman–Crippen MR) is 65.4 cm³/mol. The summed E-state index contributed by atoms with van der Waals surface area (Å²) in [5.74, 6) is 0.940. The molecule has 0 bridgehead atoms. The highest BCUT2D eigenvalue weighted by atomic mass is 16.5. The van der Waals surface area contributed by atoms with E-state index in [1.54, 1.807) is 0 Å². The van der Waals surface area contributed by atoms with E-state index in [4.69, 9.17) is 4.74 Å². The second kappa shape index (κ2) is 5.90. The molecule has 1 radical (unpaired) electrons. The Kier molecular flexibility index (Phi) is 4.23. The highest BCUT2D eigenvalue weighted by molar-refractivity contribution is 5.20. The molecular formula is C14H20NO. The molecule has 1 saturated heterocycles. The average Bonchev–Trinajstić information content (AvgIpc) is 2.59. The van der Waals surface area contributed by atoms with Gasteiger partial charge in [-0.05, 0) is 38.0 Å². The van der Waals surface area contributed by atoms with E-state index in [0.717, 1.165) is 5.75 Å². The zero-order valence-corrected chi connectivity index (χ0v) is 9.98. The van der Waals surface area contributed by atoms with Crippen molar-refractivity contribution >= 4 is 0 Å². The van der Waals surface area contributed by atoms with Gasteiger partial charge in [0.25, 0.3) is 0 Å². The van der Waals surface area contributed by atoms with Gasteiger partial charge in [-0.15, -0.1) is 0 Å². The fourth-order valence-corrected chi connectivity index (χ4v) is 2.18. The van der Waals surface area contributed by atoms with Crippen LogP contribution in [0.5, 0.6) is 5.75 Å². The van der Waals surface area contributed by atoms with Crippen LogP contribution in [0.3, 0.4) is 0 Å². The third kappa shape index (κ3) is 3.24. The van der Waals surface area contributed by atoms with Crippen LogP contribution in [0.1, 0.15) is 32.6 Å². The lowest BCUT2D eigenvalue weighted by molar-refractivity contribution is 0.0424. The first-order valence-electron chi connectivity index (χ1n) is 6.23. The molecule has 0 N–H and O–H groups in total. The largest absolute Gasteiger partial charge is 0.475 e. The molecule has 1 aromatic carbocycles. The zero-order chi connectivity index (χ0) is 11.2. The second-order valence-electron chi connectivity index (χ2n) is 4.40. The molecule has 0 spiro atoms. The van der Waals surface area contributed by atoms with Crippen LogP contribution in [0, 0.1) is 6.07 Å². The zero-order valence-electron chi connectivity index (χ0n) is 9.98. The molecule has 2 rings (SSSR count). The highest BCUT2D eigenvalue weighted by Crippen LogP contribution is 2.16. The van der Waals surface area contributed by atoms with Crippen LogP contribution in [0.4, 0.5) is 0 Å². The van der Waals surface area contributed by atoms with Crippen LogP contribution in [-0.4, -0.2) is 24.2 Å². The van der Waals surface area contributed by atoms with E-state index in [2.05, 4.69) is 17.9 Å². The molecule has 1 aromatic rings. The normalized spacial score (nSPS) is 20.1. The Bertz CT molecular complexity index is 291. The fourth-order valence-electron chi connectivity index (χ4n) is 2.18. The molecule has 1 fully saturated rings. The lowest BCUT2D eigenvalue weighted by Crippen LogP contribution is -2.37. The van der Waals surface area contributed by atoms with E-state index in [1.165, 1.54) is 38.8 Å². The van der Waals surface area contributed by atoms with Crippen molar-refractivity contribution in [2.24, 2.45) is 0 Å². The topological polar surface area (TPSA) is 12.5 Å². The number of benzene rings is 1. The van der Waals surface area contributed by atoms with Crippen molar-refractivity contribution in [1.29, 1.82) is 0 Å². The standard InChI is InChI=1S/C14H20NO/c1-13(15-11-7-2-3-8-12-15)16-14-9-5-4-6-10-14/h5-6,9-10,13H,2-3,7-8,11-12H2,1H3/t13-/m0/s1. The number of ether oxygens (including phenoxy) is 1. The summed E-state index contributed by atoms with van der Waals surface area (Å²) in [5, 5.41) is 0. The van der Waals surface area contributed by atoms with Gasteiger partial charge in [-0.1, -0.05) is 25.0 Å². The van der Waals surface area contributed by atoms with Crippen molar-refractivity contribution in [2.45, 2.75) is 38.8 Å². The van der Waals surface area contributed by atoms with Crippen molar-refractivity contribution in [3.8, 4) is 5.75 Å². The molecule has 0 saturated carbocycles. The maximum Gasteiger partial charge on any atom is 0.149 e. The van der Waals surface area contributed by atoms with E-state index >= 15 is 0 Å². The monoisotopic (exact) mass is 218 g/mol. The van der Waals surface area contributed by atoms with Gasteiger partial charge in [-0.2, -0.15) is 0 Å². The second-order valence-corrected chi connectivity index (χ2v) is 4.40. The number of hydrogen-bond donors (Lipinski definition) is 0. The fraction of sp³-hybridized carbons (Fsp3) is 0.571. The Morgan fingerprint density at radius 1 is 1.12 bits per heavy atom. The van der Waals surface area contributed by atoms with Gasteiger partial charge in [0.15, 0.2) is 0 Å². The quantitative estimate of drug-likeness (QED) is 0.773. The smallest absolute Gasteiger partial charge is 0.149 e. The molecule has 1 atom stereocenters. The summed E-state index contributed by atoms with van der Waals surface area (Å²) in [4.78, 5) is 2.43. The number of rotatable bonds is 3. The molecule has 2 heteroatoms. The van der Waals surface area contributed by atoms with Crippen molar-refractivity contribution in [2.75, 3.05) is 13.1 Å². The van der Waals surface area contributed by atoms with E-state index < -0.39 is 0 Å². The van der Waals surface area contributed by atoms with Gasteiger partial charge in [-0.25, -0.2) is 0 Å². The van der Waals surface area contributed by atoms with Gasteiger partial charge >= 0.3 is 0 Å². The van der Waals surface area contributed by atoms with Crippen LogP contribution >= 0.6 is 0 Å². The lowest BCUT2D eigenvalue weighted by Gasteiger charge is -2.27. The van der Waals surface area contributed by atoms with E-state index in [1.807, 2.05) is 24.3 Å². The number of likely N-dealkylation sites (tertiary alicyclic amines) is 1. The number of nitrogens with zero attached hydrogens (tertiary/aromatic N) is 1. The van der Waals surface area contributed by atoms with Crippen LogP contribution in [0.25, 0.3) is 0 Å². The summed E-state index contributed by atoms with van der Waals surface area (Å²) in [6, 6.07) is 10.7. The van der Waals surface area contributed by atoms with Crippen LogP contribution in [0.2, 0.25) is 0 Å². The number of hydrogen-bond acceptors (Lipinski definition) is 2. The van der Waals surface area contributed by atoms with Crippen LogP contribution in [0.15, 0.2) is 24.3 Å². The van der Waals surface area contributed by atoms with Crippen molar-refractivity contribution in [3.63, 3.8) is 0 Å². The van der Waals surface area contributed by atoms with E-state index in [0.29, 0.717) is 0 Å². The lowest BCUT2D eigenvalue weighted by atomic mass is 10.2. The van der Waals surface area contributed by atoms with Gasteiger partial charge in [0.1, 0.15) is 12.0 Å². The third-order valence-corrected chi connectivity index (χ3v) is 3.15. The maximum absolute atomic E-state index is 5.92. The summed E-state index contributed by atoms with van der Waals surface area (Å²) in [5.41, 5.74) is 0. The molecule has 1 heterocycles. The average molecular weight is 218 g/mol. The van der Waals surface area contributed by atoms with Crippen molar-refractivity contribution in [3.05, 3.63) is 30.3 Å². The van der Waals surface area contributed by atoms with Crippen LogP contribution < -0.4 is 4.74 Å². The van der Waals surface area contributed by atoms with Gasteiger partial charge in [-0.3, -0.25) is 4.90 Å². The van der Waals surface area contributed by atoms with Gasteiger partial charge < -0.3 is 4.74 Å². The molecule has 0 aliphatic carbocycles. The first-order valence-corrected chi connectivity index (χ1v) is 6.23. The van der Waals surface area contributed by atoms with Crippen LogP contribution in [-0.2, 0) is 0 Å². The van der Waals surface area contributed by atoms with Gasteiger partial charge in [0, 0.05) is 13.1 Å². The molecular weight excluding hydrogens is 198 g/mol. The summed E-state index contributed by atoms with van der Waals surface area (Å²) in [6.07, 6.45) is 5.51. The van der Waals surface area contributed by atoms with E-state index in [-0.39, 0.29) is 6.23 Å². The SMILES string of the molecule is C[C@H](Oc1cc[c]cc1)N1CCCCCC1. The van der Waals surface area contributed by atoms with Gasteiger partial charge in [0.2, 0.25) is 0 Å². The Morgan fingerprint density at radius 3 is 2.38 bits per heavy atom. The highest BCUT2D eigenvalue weighted by Gasteiger charge is 2.16. The Morgan fingerprint density at radius 2 is 1.75 bits per heavy atom. The Balaban J connectivity index is 1.89. The minimum Gasteiger partial charge on any atom is -0.475 e. The molecule has 0 aromatic heterocycles. The molecule has 16 heavy (non-hydrogen) atoms. The molecule has 0 unspecified atom stereocenters. The van der Waals surface area contributed by atoms with E-state index in [9.17, 15) is 0 Å². The maximum atomic E-state index is 5.92. The summed E-state index contributed by atoms with van der Waals surface area (Å²) >= 11 is 0. The predicted octanol–water partition coefficient (Wildman–Crippen LogP) is 3.09. The summed E-state index contributed by atoms with van der Waals surface area (Å²) < 4.78 is 5.92. The first-order chi connectivity index (χ1) is 7.86. The third-order valence-electron chi connectivity index (χ3n) is 3.15. The molecule has 87 valence electrons.